The van der Waals surface area contributed by atoms with Gasteiger partial charge in [0.25, 0.3) is 5.91 Å². The molecule has 6 heteroatoms. The molecule has 1 heterocycles. The molecule has 0 aromatic carbocycles. The summed E-state index contributed by atoms with van der Waals surface area (Å²) < 4.78 is 0. The second-order valence-corrected chi connectivity index (χ2v) is 6.61. The summed E-state index contributed by atoms with van der Waals surface area (Å²) in [6, 6.07) is 0. The molecule has 4 N–H and O–H groups in total. The minimum absolute atomic E-state index is 0.111. The van der Waals surface area contributed by atoms with Crippen LogP contribution in [0.2, 0.25) is 0 Å². The first kappa shape index (κ1) is 15.9. The number of likely N-dealkylation sites (N-methyl/N-ethyl adjacent to an activating group) is 1. The number of nitrogens with two attached hydrogens (primary N) is 1. The Morgan fingerprint density at radius 2 is 2.24 bits per heavy atom. The Kier molecular flexibility index (Phi) is 5.25. The molecule has 1 aliphatic rings. The van der Waals surface area contributed by atoms with Crippen LogP contribution < -0.4 is 16.4 Å². The van der Waals surface area contributed by atoms with E-state index in [4.69, 9.17) is 5.73 Å². The summed E-state index contributed by atoms with van der Waals surface area (Å²) in [7, 11) is 4.08. The van der Waals surface area contributed by atoms with Crippen LogP contribution in [0.3, 0.4) is 0 Å². The second-order valence-electron chi connectivity index (χ2n) is 5.59. The van der Waals surface area contributed by atoms with E-state index in [1.54, 1.807) is 6.08 Å². The largest absolute Gasteiger partial charge is 0.397 e. The molecule has 1 aromatic heterocycles. The van der Waals surface area contributed by atoms with Crippen molar-refractivity contribution in [2.45, 2.75) is 18.8 Å². The molecule has 0 atom stereocenters. The van der Waals surface area contributed by atoms with Crippen LogP contribution in [-0.4, -0.2) is 44.5 Å². The summed E-state index contributed by atoms with van der Waals surface area (Å²) in [6.07, 6.45) is 3.99. The molecule has 0 radical (unpaired) electrons. The van der Waals surface area contributed by atoms with Crippen LogP contribution in [0.4, 0.5) is 10.7 Å². The molecule has 1 aliphatic carbocycles. The first-order chi connectivity index (χ1) is 10.0. The van der Waals surface area contributed by atoms with Crippen molar-refractivity contribution in [2.75, 3.05) is 44.8 Å². The van der Waals surface area contributed by atoms with Crippen LogP contribution in [0.5, 0.6) is 0 Å². The zero-order valence-corrected chi connectivity index (χ0v) is 13.6. The van der Waals surface area contributed by atoms with Gasteiger partial charge in [0.1, 0.15) is 4.88 Å². The van der Waals surface area contributed by atoms with Crippen molar-refractivity contribution in [3.63, 3.8) is 0 Å². The van der Waals surface area contributed by atoms with Crippen molar-refractivity contribution in [3.8, 4) is 0 Å². The molecular formula is C15H24N4OS. The van der Waals surface area contributed by atoms with Gasteiger partial charge >= 0.3 is 0 Å². The first-order valence-electron chi connectivity index (χ1n) is 7.24. The van der Waals surface area contributed by atoms with E-state index in [0.29, 0.717) is 23.0 Å². The summed E-state index contributed by atoms with van der Waals surface area (Å²) in [4.78, 5) is 14.9. The molecule has 0 aliphatic heterocycles. The average Bonchev–Trinajstić information content (AvgIpc) is 3.21. The summed E-state index contributed by atoms with van der Waals surface area (Å²) in [5, 5.41) is 7.29. The topological polar surface area (TPSA) is 70.4 Å². The second kappa shape index (κ2) is 6.95. The minimum atomic E-state index is -0.111. The van der Waals surface area contributed by atoms with Gasteiger partial charge in [-0.25, -0.2) is 0 Å². The lowest BCUT2D eigenvalue weighted by Gasteiger charge is -2.11. The van der Waals surface area contributed by atoms with Gasteiger partial charge in [-0.2, -0.15) is 0 Å². The smallest absolute Gasteiger partial charge is 0.263 e. The van der Waals surface area contributed by atoms with Gasteiger partial charge < -0.3 is 21.3 Å². The number of carbonyl (C=O) groups is 1. The summed E-state index contributed by atoms with van der Waals surface area (Å²) in [5.74, 6) is 0.407. The summed E-state index contributed by atoms with van der Waals surface area (Å²) in [6.45, 7) is 5.86. The average molecular weight is 308 g/mol. The Morgan fingerprint density at radius 3 is 2.81 bits per heavy atom. The number of anilines is 2. The Balaban J connectivity index is 2.15. The van der Waals surface area contributed by atoms with Crippen molar-refractivity contribution < 1.29 is 4.79 Å². The molecule has 1 aromatic rings. The maximum atomic E-state index is 12.2. The lowest BCUT2D eigenvalue weighted by Crippen LogP contribution is -2.23. The van der Waals surface area contributed by atoms with Gasteiger partial charge in [0.15, 0.2) is 0 Å². The van der Waals surface area contributed by atoms with Crippen LogP contribution in [0.1, 0.15) is 34.0 Å². The Hall–Kier alpha value is -1.53. The zero-order chi connectivity index (χ0) is 15.4. The van der Waals surface area contributed by atoms with Gasteiger partial charge in [-0.3, -0.25) is 4.79 Å². The third kappa shape index (κ3) is 3.98. The molecule has 0 bridgehead atoms. The van der Waals surface area contributed by atoms with E-state index in [1.165, 1.54) is 11.3 Å². The Morgan fingerprint density at radius 1 is 1.52 bits per heavy atom. The van der Waals surface area contributed by atoms with E-state index in [-0.39, 0.29) is 5.91 Å². The Labute approximate surface area is 130 Å². The van der Waals surface area contributed by atoms with E-state index < -0.39 is 0 Å². The fourth-order valence-corrected chi connectivity index (χ4v) is 3.32. The van der Waals surface area contributed by atoms with Gasteiger partial charge in [-0.15, -0.1) is 17.9 Å². The van der Waals surface area contributed by atoms with Gasteiger partial charge in [0.05, 0.1) is 10.7 Å². The predicted molar refractivity (Wildman–Crippen MR) is 90.3 cm³/mol. The molecule has 0 saturated heterocycles. The molecule has 5 nitrogen and oxygen atoms in total. The highest BCUT2D eigenvalue weighted by Crippen LogP contribution is 2.50. The lowest BCUT2D eigenvalue weighted by molar-refractivity contribution is 0.0963. The molecule has 0 spiro atoms. The van der Waals surface area contributed by atoms with Crippen molar-refractivity contribution in [2.24, 2.45) is 0 Å². The number of hydrogen-bond acceptors (Lipinski definition) is 5. The third-order valence-electron chi connectivity index (χ3n) is 3.43. The fourth-order valence-electron chi connectivity index (χ4n) is 2.17. The maximum absolute atomic E-state index is 12.2. The SMILES string of the molecule is C=CCNC(=O)c1sc(NCCN(C)C)c(C2CC2)c1N. The molecule has 0 unspecified atom stereocenters. The summed E-state index contributed by atoms with van der Waals surface area (Å²) in [5.41, 5.74) is 8.01. The number of rotatable bonds is 8. The fraction of sp³-hybridized carbons (Fsp3) is 0.533. The Bertz CT molecular complexity index is 520. The van der Waals surface area contributed by atoms with E-state index in [1.807, 2.05) is 14.1 Å². The molecule has 1 fully saturated rings. The van der Waals surface area contributed by atoms with Gasteiger partial charge in [0.2, 0.25) is 0 Å². The quantitative estimate of drug-likeness (QED) is 0.643. The number of nitrogens with one attached hydrogen (secondary N) is 2. The van der Waals surface area contributed by atoms with Crippen LogP contribution >= 0.6 is 11.3 Å². The molecular weight excluding hydrogens is 284 g/mol. The highest BCUT2D eigenvalue weighted by molar-refractivity contribution is 7.18. The van der Waals surface area contributed by atoms with Crippen molar-refractivity contribution in [3.05, 3.63) is 23.1 Å². The monoisotopic (exact) mass is 308 g/mol. The third-order valence-corrected chi connectivity index (χ3v) is 4.60. The van der Waals surface area contributed by atoms with Gasteiger partial charge in [-0.05, 0) is 32.9 Å². The number of nitrogen functional groups attached to an aromatic ring is 1. The predicted octanol–water partition coefficient (Wildman–Crippen LogP) is 2.10. The number of amides is 1. The molecule has 1 saturated carbocycles. The summed E-state index contributed by atoms with van der Waals surface area (Å²) >= 11 is 1.46. The molecule has 116 valence electrons. The molecule has 21 heavy (non-hydrogen) atoms. The first-order valence-corrected chi connectivity index (χ1v) is 8.06. The van der Waals surface area contributed by atoms with Crippen LogP contribution in [0.15, 0.2) is 12.7 Å². The highest BCUT2D eigenvalue weighted by atomic mass is 32.1. The van der Waals surface area contributed by atoms with Gasteiger partial charge in [-0.1, -0.05) is 6.08 Å². The zero-order valence-electron chi connectivity index (χ0n) is 12.7. The van der Waals surface area contributed by atoms with Crippen LogP contribution in [0, 0.1) is 0 Å². The number of thiophene rings is 1. The molecule has 1 amide bonds. The van der Waals surface area contributed by atoms with E-state index in [9.17, 15) is 4.79 Å². The maximum Gasteiger partial charge on any atom is 0.263 e. The van der Waals surface area contributed by atoms with Gasteiger partial charge in [0, 0.05) is 25.2 Å². The highest BCUT2D eigenvalue weighted by Gasteiger charge is 2.32. The van der Waals surface area contributed by atoms with Crippen molar-refractivity contribution in [1.29, 1.82) is 0 Å². The van der Waals surface area contributed by atoms with Crippen molar-refractivity contribution in [1.82, 2.24) is 10.2 Å². The number of hydrogen-bond donors (Lipinski definition) is 3. The lowest BCUT2D eigenvalue weighted by atomic mass is 10.1. The van der Waals surface area contributed by atoms with Crippen LogP contribution in [-0.2, 0) is 0 Å². The van der Waals surface area contributed by atoms with Crippen LogP contribution in [0.25, 0.3) is 0 Å². The van der Waals surface area contributed by atoms with Crippen molar-refractivity contribution >= 4 is 27.9 Å². The number of nitrogens with zero attached hydrogens (tertiary/aromatic N) is 1. The molecule has 2 rings (SSSR count). The van der Waals surface area contributed by atoms with E-state index in [0.717, 1.165) is 36.5 Å². The minimum Gasteiger partial charge on any atom is -0.397 e. The van der Waals surface area contributed by atoms with E-state index in [2.05, 4.69) is 22.1 Å². The van der Waals surface area contributed by atoms with E-state index >= 15 is 0 Å². The number of carbonyl (C=O) groups excluding carboxylic acids is 1. The standard InChI is InChI=1S/C15H24N4OS/c1-4-7-17-14(20)13-12(16)11(10-5-6-10)15(21-13)18-8-9-19(2)3/h4,10,18H,1,5-9,16H2,2-3H3,(H,17,20). The normalized spacial score (nSPS) is 14.2.